The minimum absolute atomic E-state index is 0.0519. The predicted octanol–water partition coefficient (Wildman–Crippen LogP) is 0.351. The fraction of sp³-hybridized carbons (Fsp3) is 0.643. The molecule has 3 N–H and O–H groups in total. The van der Waals surface area contributed by atoms with Crippen molar-refractivity contribution in [2.45, 2.75) is 39.3 Å². The zero-order valence-electron chi connectivity index (χ0n) is 12.8. The molecule has 0 saturated carbocycles. The van der Waals surface area contributed by atoms with Crippen LogP contribution in [-0.4, -0.2) is 47.7 Å². The van der Waals surface area contributed by atoms with Crippen LogP contribution in [0.2, 0.25) is 0 Å². The SMILES string of the molecule is CCc1c(N)ncnc1N1CCOCC1C(=O)NC(C)C. The van der Waals surface area contributed by atoms with E-state index in [1.54, 1.807) is 0 Å². The summed E-state index contributed by atoms with van der Waals surface area (Å²) in [6.07, 6.45) is 2.16. The Bertz CT molecular complexity index is 506. The number of aromatic nitrogens is 2. The summed E-state index contributed by atoms with van der Waals surface area (Å²) >= 11 is 0. The summed E-state index contributed by atoms with van der Waals surface area (Å²) in [6, 6.07) is -0.303. The van der Waals surface area contributed by atoms with Crippen LogP contribution in [0.15, 0.2) is 6.33 Å². The Kier molecular flexibility index (Phi) is 4.95. The standard InChI is InChI=1S/C14H23N5O2/c1-4-10-12(15)16-8-17-13(10)19-5-6-21-7-11(19)14(20)18-9(2)3/h8-9,11H,4-7H2,1-3H3,(H,18,20)(H2,15,16,17). The van der Waals surface area contributed by atoms with Gasteiger partial charge < -0.3 is 20.7 Å². The number of nitrogens with one attached hydrogen (secondary N) is 1. The van der Waals surface area contributed by atoms with Crippen LogP contribution in [0.25, 0.3) is 0 Å². The molecule has 7 nitrogen and oxygen atoms in total. The molecule has 21 heavy (non-hydrogen) atoms. The van der Waals surface area contributed by atoms with Crippen molar-refractivity contribution in [2.75, 3.05) is 30.4 Å². The van der Waals surface area contributed by atoms with Crippen molar-refractivity contribution in [3.63, 3.8) is 0 Å². The second kappa shape index (κ2) is 6.71. The van der Waals surface area contributed by atoms with Gasteiger partial charge in [-0.2, -0.15) is 0 Å². The molecule has 116 valence electrons. The van der Waals surface area contributed by atoms with E-state index in [1.165, 1.54) is 6.33 Å². The van der Waals surface area contributed by atoms with Crippen LogP contribution >= 0.6 is 0 Å². The molecule has 1 aliphatic heterocycles. The van der Waals surface area contributed by atoms with Crippen molar-refractivity contribution < 1.29 is 9.53 Å². The van der Waals surface area contributed by atoms with E-state index in [1.807, 2.05) is 25.7 Å². The number of amides is 1. The lowest BCUT2D eigenvalue weighted by molar-refractivity contribution is -0.125. The van der Waals surface area contributed by atoms with Gasteiger partial charge in [0.25, 0.3) is 0 Å². The fourth-order valence-corrected chi connectivity index (χ4v) is 2.46. The highest BCUT2D eigenvalue weighted by Gasteiger charge is 2.32. The first-order chi connectivity index (χ1) is 10.0. The summed E-state index contributed by atoms with van der Waals surface area (Å²) in [5, 5.41) is 2.93. The van der Waals surface area contributed by atoms with Crippen molar-refractivity contribution in [1.82, 2.24) is 15.3 Å². The minimum atomic E-state index is -0.388. The predicted molar refractivity (Wildman–Crippen MR) is 81.1 cm³/mol. The topological polar surface area (TPSA) is 93.4 Å². The number of anilines is 2. The van der Waals surface area contributed by atoms with E-state index in [2.05, 4.69) is 15.3 Å². The van der Waals surface area contributed by atoms with Gasteiger partial charge in [-0.15, -0.1) is 0 Å². The maximum Gasteiger partial charge on any atom is 0.245 e. The first-order valence-corrected chi connectivity index (χ1v) is 7.28. The summed E-state index contributed by atoms with van der Waals surface area (Å²) in [5.74, 6) is 1.15. The maximum atomic E-state index is 12.4. The number of hydrogen-bond donors (Lipinski definition) is 2. The molecule has 0 aliphatic carbocycles. The van der Waals surface area contributed by atoms with Crippen LogP contribution in [0.3, 0.4) is 0 Å². The zero-order valence-corrected chi connectivity index (χ0v) is 12.8. The number of morpholine rings is 1. The molecule has 1 fully saturated rings. The Hall–Kier alpha value is -1.89. The van der Waals surface area contributed by atoms with Gasteiger partial charge in [-0.3, -0.25) is 4.79 Å². The summed E-state index contributed by atoms with van der Waals surface area (Å²) in [6.45, 7) is 7.41. The van der Waals surface area contributed by atoms with E-state index >= 15 is 0 Å². The van der Waals surface area contributed by atoms with Crippen LogP contribution in [-0.2, 0) is 16.0 Å². The number of nitrogens with two attached hydrogens (primary N) is 1. The van der Waals surface area contributed by atoms with Gasteiger partial charge in [0.15, 0.2) is 0 Å². The largest absolute Gasteiger partial charge is 0.383 e. The molecule has 7 heteroatoms. The van der Waals surface area contributed by atoms with Crippen molar-refractivity contribution >= 4 is 17.5 Å². The maximum absolute atomic E-state index is 12.4. The number of carbonyl (C=O) groups is 1. The van der Waals surface area contributed by atoms with Crippen molar-refractivity contribution in [1.29, 1.82) is 0 Å². The lowest BCUT2D eigenvalue weighted by Crippen LogP contribution is -2.55. The fourth-order valence-electron chi connectivity index (χ4n) is 2.46. The number of rotatable bonds is 4. The molecule has 1 aliphatic rings. The zero-order chi connectivity index (χ0) is 15.4. The van der Waals surface area contributed by atoms with Gasteiger partial charge in [-0.1, -0.05) is 6.92 Å². The summed E-state index contributed by atoms with van der Waals surface area (Å²) < 4.78 is 5.46. The smallest absolute Gasteiger partial charge is 0.245 e. The molecular formula is C14H23N5O2. The molecule has 2 heterocycles. The van der Waals surface area contributed by atoms with Crippen molar-refractivity contribution in [2.24, 2.45) is 0 Å². The van der Waals surface area contributed by atoms with Gasteiger partial charge >= 0.3 is 0 Å². The average molecular weight is 293 g/mol. The van der Waals surface area contributed by atoms with Gasteiger partial charge in [0.2, 0.25) is 5.91 Å². The number of ether oxygens (including phenoxy) is 1. The Labute approximate surface area is 124 Å². The van der Waals surface area contributed by atoms with E-state index in [0.29, 0.717) is 25.6 Å². The van der Waals surface area contributed by atoms with Gasteiger partial charge in [-0.25, -0.2) is 9.97 Å². The average Bonchev–Trinajstić information content (AvgIpc) is 2.46. The van der Waals surface area contributed by atoms with Crippen molar-refractivity contribution in [3.05, 3.63) is 11.9 Å². The van der Waals surface area contributed by atoms with Crippen LogP contribution in [0.5, 0.6) is 0 Å². The summed E-state index contributed by atoms with van der Waals surface area (Å²) in [7, 11) is 0. The third-order valence-corrected chi connectivity index (χ3v) is 3.44. The highest BCUT2D eigenvalue weighted by atomic mass is 16.5. The number of hydrogen-bond acceptors (Lipinski definition) is 6. The molecule has 1 atom stereocenters. The number of nitrogen functional groups attached to an aromatic ring is 1. The highest BCUT2D eigenvalue weighted by molar-refractivity contribution is 5.86. The second-order valence-corrected chi connectivity index (χ2v) is 5.36. The molecule has 1 unspecified atom stereocenters. The Morgan fingerprint density at radius 1 is 1.57 bits per heavy atom. The van der Waals surface area contributed by atoms with Crippen LogP contribution in [0.4, 0.5) is 11.6 Å². The quantitative estimate of drug-likeness (QED) is 0.832. The third kappa shape index (κ3) is 3.41. The first kappa shape index (κ1) is 15.5. The molecule has 2 rings (SSSR count). The van der Waals surface area contributed by atoms with E-state index in [4.69, 9.17) is 10.5 Å². The van der Waals surface area contributed by atoms with Gasteiger partial charge in [0.05, 0.1) is 13.2 Å². The highest BCUT2D eigenvalue weighted by Crippen LogP contribution is 2.25. The van der Waals surface area contributed by atoms with Crippen LogP contribution in [0, 0.1) is 0 Å². The van der Waals surface area contributed by atoms with Crippen LogP contribution in [0.1, 0.15) is 26.3 Å². The third-order valence-electron chi connectivity index (χ3n) is 3.44. The summed E-state index contributed by atoms with van der Waals surface area (Å²) in [5.41, 5.74) is 6.81. The molecule has 0 aromatic carbocycles. The number of carbonyl (C=O) groups excluding carboxylic acids is 1. The van der Waals surface area contributed by atoms with Crippen LogP contribution < -0.4 is 16.0 Å². The lowest BCUT2D eigenvalue weighted by atomic mass is 10.1. The normalized spacial score (nSPS) is 18.9. The van der Waals surface area contributed by atoms with Gasteiger partial charge in [0, 0.05) is 18.2 Å². The second-order valence-electron chi connectivity index (χ2n) is 5.36. The molecular weight excluding hydrogens is 270 g/mol. The van der Waals surface area contributed by atoms with E-state index in [9.17, 15) is 4.79 Å². The molecule has 0 bridgehead atoms. The monoisotopic (exact) mass is 293 g/mol. The molecule has 1 saturated heterocycles. The van der Waals surface area contributed by atoms with E-state index in [-0.39, 0.29) is 18.0 Å². The molecule has 1 aromatic heterocycles. The summed E-state index contributed by atoms with van der Waals surface area (Å²) in [4.78, 5) is 22.7. The molecule has 0 radical (unpaired) electrons. The van der Waals surface area contributed by atoms with Gasteiger partial charge in [0.1, 0.15) is 24.0 Å². The van der Waals surface area contributed by atoms with E-state index in [0.717, 1.165) is 17.8 Å². The van der Waals surface area contributed by atoms with E-state index < -0.39 is 0 Å². The van der Waals surface area contributed by atoms with Gasteiger partial charge in [-0.05, 0) is 20.3 Å². The number of nitrogens with zero attached hydrogens (tertiary/aromatic N) is 3. The molecule has 1 amide bonds. The minimum Gasteiger partial charge on any atom is -0.383 e. The lowest BCUT2D eigenvalue weighted by Gasteiger charge is -2.36. The first-order valence-electron chi connectivity index (χ1n) is 7.28. The Morgan fingerprint density at radius 2 is 2.33 bits per heavy atom. The Balaban J connectivity index is 2.31. The Morgan fingerprint density at radius 3 is 3.00 bits per heavy atom. The molecule has 0 spiro atoms. The van der Waals surface area contributed by atoms with Crippen molar-refractivity contribution in [3.8, 4) is 0 Å². The molecule has 1 aromatic rings.